The van der Waals surface area contributed by atoms with Crippen molar-refractivity contribution in [2.24, 2.45) is 17.8 Å². The van der Waals surface area contributed by atoms with Gasteiger partial charge < -0.3 is 30.0 Å². The minimum atomic E-state index is -0.714. The topological polar surface area (TPSA) is 70.4 Å². The van der Waals surface area contributed by atoms with E-state index < -0.39 is 16.8 Å². The molecule has 3 aliphatic carbocycles. The summed E-state index contributed by atoms with van der Waals surface area (Å²) in [6.07, 6.45) is 41.3. The molecule has 420 valence electrons. The molecule has 6 nitrogen and oxygen atoms in total. The first-order valence-corrected chi connectivity index (χ1v) is 32.3. The highest BCUT2D eigenvalue weighted by molar-refractivity contribution is 6.31. The summed E-state index contributed by atoms with van der Waals surface area (Å²) >= 11 is 12.7. The molecule has 3 heterocycles. The van der Waals surface area contributed by atoms with Gasteiger partial charge in [0.05, 0.1) is 16.8 Å². The third kappa shape index (κ3) is 20.2. The van der Waals surface area contributed by atoms with E-state index in [2.05, 4.69) is 63.2 Å². The highest BCUT2D eigenvalue weighted by Crippen LogP contribution is 2.42. The molecule has 75 heavy (non-hydrogen) atoms. The second kappa shape index (κ2) is 32.9. The highest BCUT2D eigenvalue weighted by Gasteiger charge is 2.41. The van der Waals surface area contributed by atoms with Crippen molar-refractivity contribution in [3.8, 4) is 0 Å². The Hall–Kier alpha value is -2.00. The van der Waals surface area contributed by atoms with Crippen molar-refractivity contribution in [1.82, 2.24) is 14.7 Å². The summed E-state index contributed by atoms with van der Waals surface area (Å²) in [4.78, 5) is 7.80. The maximum atomic E-state index is 12.0. The van der Waals surface area contributed by atoms with Gasteiger partial charge in [-0.15, -0.1) is 0 Å². The second-order valence-electron chi connectivity index (χ2n) is 24.8. The summed E-state index contributed by atoms with van der Waals surface area (Å²) < 4.78 is 0. The summed E-state index contributed by atoms with van der Waals surface area (Å²) in [5.74, 6) is 1.15. The lowest BCUT2D eigenvalue weighted by molar-refractivity contribution is -0.0558. The van der Waals surface area contributed by atoms with E-state index in [0.717, 1.165) is 105 Å². The van der Waals surface area contributed by atoms with Crippen LogP contribution < -0.4 is 0 Å². The van der Waals surface area contributed by atoms with Crippen molar-refractivity contribution in [3.63, 3.8) is 0 Å². The van der Waals surface area contributed by atoms with Crippen LogP contribution in [0.2, 0.25) is 10.0 Å². The first-order chi connectivity index (χ1) is 36.6. The van der Waals surface area contributed by atoms with E-state index in [9.17, 15) is 15.3 Å². The lowest BCUT2D eigenvalue weighted by atomic mass is 9.73. The van der Waals surface area contributed by atoms with Gasteiger partial charge in [0.1, 0.15) is 0 Å². The van der Waals surface area contributed by atoms with Crippen LogP contribution in [0.5, 0.6) is 0 Å². The molecule has 0 spiro atoms. The quantitative estimate of drug-likeness (QED) is 0.158. The number of aryl methyl sites for hydroxylation is 1. The minimum Gasteiger partial charge on any atom is -0.390 e. The maximum Gasteiger partial charge on any atom is 0.0937 e. The van der Waals surface area contributed by atoms with E-state index in [4.69, 9.17) is 23.2 Å². The van der Waals surface area contributed by atoms with Crippen LogP contribution in [0.1, 0.15) is 222 Å². The van der Waals surface area contributed by atoms with Gasteiger partial charge in [-0.25, -0.2) is 0 Å². The van der Waals surface area contributed by atoms with Gasteiger partial charge in [0.15, 0.2) is 0 Å². The van der Waals surface area contributed by atoms with Crippen molar-refractivity contribution >= 4 is 23.2 Å². The Kier molecular flexibility index (Phi) is 26.6. The van der Waals surface area contributed by atoms with Gasteiger partial charge in [0, 0.05) is 53.9 Å². The van der Waals surface area contributed by atoms with E-state index in [1.165, 1.54) is 193 Å². The molecule has 0 aromatic heterocycles. The van der Waals surface area contributed by atoms with E-state index >= 15 is 0 Å². The number of halogens is 2. The van der Waals surface area contributed by atoms with E-state index in [-0.39, 0.29) is 0 Å². The van der Waals surface area contributed by atoms with Gasteiger partial charge in [-0.1, -0.05) is 199 Å². The molecule has 6 atom stereocenters. The Bertz CT molecular complexity index is 1990. The molecule has 3 aliphatic heterocycles. The first-order valence-electron chi connectivity index (χ1n) is 31.5. The van der Waals surface area contributed by atoms with E-state index in [1.807, 2.05) is 30.3 Å². The summed E-state index contributed by atoms with van der Waals surface area (Å²) in [6, 6.07) is 26.8. The highest BCUT2D eigenvalue weighted by atomic mass is 35.5. The van der Waals surface area contributed by atoms with Gasteiger partial charge in [-0.2, -0.15) is 0 Å². The predicted octanol–water partition coefficient (Wildman–Crippen LogP) is 16.4. The normalized spacial score (nSPS) is 29.6. The van der Waals surface area contributed by atoms with Gasteiger partial charge in [0.2, 0.25) is 0 Å². The molecule has 3 aromatic carbocycles. The van der Waals surface area contributed by atoms with Gasteiger partial charge in [-0.3, -0.25) is 0 Å². The third-order valence-electron chi connectivity index (χ3n) is 19.1. The first kappa shape index (κ1) is 60.6. The number of hydrogen-bond donors (Lipinski definition) is 3. The average Bonchev–Trinajstić information content (AvgIpc) is 4.07. The van der Waals surface area contributed by atoms with Crippen LogP contribution in [0.3, 0.4) is 0 Å². The Morgan fingerprint density at radius 2 is 0.867 bits per heavy atom. The van der Waals surface area contributed by atoms with Crippen molar-refractivity contribution in [1.29, 1.82) is 0 Å². The fourth-order valence-electron chi connectivity index (χ4n) is 14.4. The summed E-state index contributed by atoms with van der Waals surface area (Å²) in [6.45, 7) is 10.5. The number of benzene rings is 3. The lowest BCUT2D eigenvalue weighted by Gasteiger charge is -2.41. The number of aliphatic hydroxyl groups is 3. The van der Waals surface area contributed by atoms with E-state index in [1.54, 1.807) is 0 Å². The smallest absolute Gasteiger partial charge is 0.0937 e. The standard InChI is InChI=1S/C24H38ClNO.C24H39NO.C19H28ClNO/c25-23-15-9-8-13-21(23)19-24(27)16-10-6-4-2-1-3-5-7-14-22(24)20-26-17-11-12-18-26;26-24(18-12-15-22-13-6-5-7-14-22)17-9-2-1-8-16-23(24)21-25-19-10-3-4-11-20-25;20-18-10-7-9-16(14-18)19(22)11-4-2-1-3-8-17(19)15-21-12-5-6-13-21/h8-9,13,15,22,27H,1-7,10-12,14,16-20H2;5-7,13-14,23,26H,1-4,8-12,15-21H2;7,9-10,14,17,22H,1-6,8,11-13,15H2. The Morgan fingerprint density at radius 1 is 0.427 bits per heavy atom. The van der Waals surface area contributed by atoms with Crippen molar-refractivity contribution in [2.45, 2.75) is 235 Å². The molecule has 3 saturated carbocycles. The van der Waals surface area contributed by atoms with Crippen molar-refractivity contribution < 1.29 is 15.3 Å². The summed E-state index contributed by atoms with van der Waals surface area (Å²) in [5.41, 5.74) is 1.75. The third-order valence-corrected chi connectivity index (χ3v) is 19.7. The van der Waals surface area contributed by atoms with Crippen LogP contribution in [-0.4, -0.2) is 100 Å². The summed E-state index contributed by atoms with van der Waals surface area (Å²) in [5, 5.41) is 36.8. The molecule has 0 radical (unpaired) electrons. The Morgan fingerprint density at radius 3 is 1.43 bits per heavy atom. The van der Waals surface area contributed by atoms with Crippen LogP contribution in [0, 0.1) is 17.8 Å². The number of hydrogen-bond acceptors (Lipinski definition) is 6. The number of rotatable bonds is 13. The maximum absolute atomic E-state index is 12.0. The molecule has 8 heteroatoms. The van der Waals surface area contributed by atoms with Gasteiger partial charge in [0.25, 0.3) is 0 Å². The van der Waals surface area contributed by atoms with Crippen LogP contribution in [0.25, 0.3) is 0 Å². The fraction of sp³-hybridized carbons (Fsp3) is 0.731. The van der Waals surface area contributed by atoms with Crippen LogP contribution in [-0.2, 0) is 18.4 Å². The van der Waals surface area contributed by atoms with Gasteiger partial charge in [-0.05, 0) is 170 Å². The zero-order valence-corrected chi connectivity index (χ0v) is 48.6. The summed E-state index contributed by atoms with van der Waals surface area (Å²) in [7, 11) is 0. The SMILES string of the molecule is OC1(CCCc2ccccc2)CCCCCCC1CN1CCCCCC1.OC1(Cc2ccccc2Cl)CCCCCCCCCCC1CN1CCCC1.OC1(c2cccc(Cl)c2)CCCCCCC1CN1CCCC1. The molecule has 6 aliphatic rings. The number of nitrogens with zero attached hydrogens (tertiary/aromatic N) is 3. The average molecular weight is 1070 g/mol. The lowest BCUT2D eigenvalue weighted by Crippen LogP contribution is -2.46. The van der Waals surface area contributed by atoms with Crippen LogP contribution in [0.15, 0.2) is 78.9 Å². The minimum absolute atomic E-state index is 0.323. The predicted molar refractivity (Wildman–Crippen MR) is 318 cm³/mol. The molecule has 0 bridgehead atoms. The zero-order valence-electron chi connectivity index (χ0n) is 47.1. The Labute approximate surface area is 468 Å². The molecule has 9 rings (SSSR count). The molecule has 3 N–H and O–H groups in total. The fourth-order valence-corrected chi connectivity index (χ4v) is 14.8. The largest absolute Gasteiger partial charge is 0.390 e. The zero-order chi connectivity index (χ0) is 52.4. The van der Waals surface area contributed by atoms with Crippen molar-refractivity contribution in [2.75, 3.05) is 58.9 Å². The van der Waals surface area contributed by atoms with Crippen molar-refractivity contribution in [3.05, 3.63) is 106 Å². The molecule has 0 amide bonds. The molecule has 3 saturated heterocycles. The second-order valence-corrected chi connectivity index (χ2v) is 25.7. The molecule has 6 fully saturated rings. The molecular weight excluding hydrogens is 966 g/mol. The monoisotopic (exact) mass is 1070 g/mol. The van der Waals surface area contributed by atoms with Crippen LogP contribution in [0.4, 0.5) is 0 Å². The van der Waals surface area contributed by atoms with Crippen LogP contribution >= 0.6 is 23.2 Å². The molecular formula is C67H105Cl2N3O3. The van der Waals surface area contributed by atoms with E-state index in [0.29, 0.717) is 24.2 Å². The molecule has 6 unspecified atom stereocenters. The number of likely N-dealkylation sites (tertiary alicyclic amines) is 3. The molecule has 3 aromatic rings. The Balaban J connectivity index is 0.000000165. The van der Waals surface area contributed by atoms with Gasteiger partial charge >= 0.3 is 0 Å².